The highest BCUT2D eigenvalue weighted by atomic mass is 16.6. The lowest BCUT2D eigenvalue weighted by Gasteiger charge is -2.17. The molecule has 1 aromatic carbocycles. The molecule has 0 saturated heterocycles. The summed E-state index contributed by atoms with van der Waals surface area (Å²) in [6.45, 7) is 1.78. The van der Waals surface area contributed by atoms with Gasteiger partial charge in [-0.1, -0.05) is 18.0 Å². The third-order valence-corrected chi connectivity index (χ3v) is 4.02. The summed E-state index contributed by atoms with van der Waals surface area (Å²) < 4.78 is 5.30. The second-order valence-corrected chi connectivity index (χ2v) is 5.54. The first-order valence-electron chi connectivity index (χ1n) is 6.88. The van der Waals surface area contributed by atoms with Gasteiger partial charge in [0.25, 0.3) is 11.6 Å². The normalized spacial score (nSPS) is 17.0. The first-order chi connectivity index (χ1) is 9.99. The Labute approximate surface area is 121 Å². The molecule has 2 aromatic rings. The molecule has 7 nitrogen and oxygen atoms in total. The predicted octanol–water partition coefficient (Wildman–Crippen LogP) is 2.68. The van der Waals surface area contributed by atoms with Crippen LogP contribution in [-0.2, 0) is 5.54 Å². The quantitative estimate of drug-likeness (QED) is 0.687. The van der Waals surface area contributed by atoms with Crippen molar-refractivity contribution in [3.05, 3.63) is 39.7 Å². The van der Waals surface area contributed by atoms with E-state index in [1.807, 2.05) is 0 Å². The molecule has 1 aromatic heterocycles. The SMILES string of the molecule is Cc1cc([N+](=O)[O-])ccc1-c1nc(C2(N)CCCC2)no1. The number of nitro benzene ring substituents is 1. The maximum atomic E-state index is 10.8. The molecule has 7 heteroatoms. The van der Waals surface area contributed by atoms with Gasteiger partial charge in [-0.15, -0.1) is 0 Å². The second-order valence-electron chi connectivity index (χ2n) is 5.54. The lowest BCUT2D eigenvalue weighted by atomic mass is 9.98. The number of rotatable bonds is 3. The van der Waals surface area contributed by atoms with Crippen molar-refractivity contribution in [1.29, 1.82) is 0 Å². The van der Waals surface area contributed by atoms with Crippen LogP contribution in [0.4, 0.5) is 5.69 Å². The van der Waals surface area contributed by atoms with Gasteiger partial charge in [0.2, 0.25) is 0 Å². The molecule has 3 rings (SSSR count). The molecule has 0 unspecified atom stereocenters. The Bertz CT molecular complexity index is 689. The number of hydrogen-bond donors (Lipinski definition) is 1. The van der Waals surface area contributed by atoms with Crippen molar-refractivity contribution in [3.63, 3.8) is 0 Å². The minimum atomic E-state index is -0.504. The van der Waals surface area contributed by atoms with Crippen molar-refractivity contribution >= 4 is 5.69 Å². The van der Waals surface area contributed by atoms with E-state index in [2.05, 4.69) is 10.1 Å². The van der Waals surface area contributed by atoms with Crippen molar-refractivity contribution in [1.82, 2.24) is 10.1 Å². The van der Waals surface area contributed by atoms with E-state index in [9.17, 15) is 10.1 Å². The van der Waals surface area contributed by atoms with Gasteiger partial charge < -0.3 is 10.3 Å². The largest absolute Gasteiger partial charge is 0.334 e. The fourth-order valence-electron chi connectivity index (χ4n) is 2.77. The molecule has 1 aliphatic carbocycles. The Morgan fingerprint density at radius 1 is 1.38 bits per heavy atom. The molecule has 2 N–H and O–H groups in total. The van der Waals surface area contributed by atoms with E-state index in [-0.39, 0.29) is 5.69 Å². The van der Waals surface area contributed by atoms with Crippen LogP contribution < -0.4 is 5.73 Å². The molecule has 110 valence electrons. The zero-order valence-electron chi connectivity index (χ0n) is 11.7. The molecule has 0 atom stereocenters. The molecule has 1 heterocycles. The Hall–Kier alpha value is -2.28. The number of hydrogen-bond acceptors (Lipinski definition) is 6. The highest BCUT2D eigenvalue weighted by Gasteiger charge is 2.36. The van der Waals surface area contributed by atoms with E-state index < -0.39 is 10.5 Å². The van der Waals surface area contributed by atoms with Crippen LogP contribution in [-0.4, -0.2) is 15.1 Å². The van der Waals surface area contributed by atoms with Gasteiger partial charge in [0.15, 0.2) is 5.82 Å². The third kappa shape index (κ3) is 2.40. The summed E-state index contributed by atoms with van der Waals surface area (Å²) in [5.74, 6) is 0.877. The van der Waals surface area contributed by atoms with Gasteiger partial charge in [0.05, 0.1) is 10.5 Å². The van der Waals surface area contributed by atoms with Gasteiger partial charge in [-0.25, -0.2) is 0 Å². The third-order valence-electron chi connectivity index (χ3n) is 4.02. The van der Waals surface area contributed by atoms with Gasteiger partial charge in [0, 0.05) is 17.7 Å². The van der Waals surface area contributed by atoms with Gasteiger partial charge >= 0.3 is 0 Å². The number of nitrogens with zero attached hydrogens (tertiary/aromatic N) is 3. The van der Waals surface area contributed by atoms with Crippen LogP contribution in [0.3, 0.4) is 0 Å². The first-order valence-corrected chi connectivity index (χ1v) is 6.88. The van der Waals surface area contributed by atoms with Crippen molar-refractivity contribution in [2.45, 2.75) is 38.1 Å². The van der Waals surface area contributed by atoms with E-state index >= 15 is 0 Å². The molecule has 0 bridgehead atoms. The highest BCUT2D eigenvalue weighted by Crippen LogP contribution is 2.36. The predicted molar refractivity (Wildman–Crippen MR) is 75.5 cm³/mol. The van der Waals surface area contributed by atoms with Gasteiger partial charge in [-0.2, -0.15) is 4.98 Å². The van der Waals surface area contributed by atoms with Crippen LogP contribution in [0, 0.1) is 17.0 Å². The number of aryl methyl sites for hydroxylation is 1. The van der Waals surface area contributed by atoms with Crippen molar-refractivity contribution in [2.75, 3.05) is 0 Å². The first kappa shape index (κ1) is 13.7. The van der Waals surface area contributed by atoms with E-state index in [4.69, 9.17) is 10.3 Å². The molecule has 1 fully saturated rings. The Kier molecular flexibility index (Phi) is 3.21. The number of benzene rings is 1. The summed E-state index contributed by atoms with van der Waals surface area (Å²) in [6, 6.07) is 4.55. The lowest BCUT2D eigenvalue weighted by Crippen LogP contribution is -2.34. The molecule has 0 spiro atoms. The van der Waals surface area contributed by atoms with Crippen molar-refractivity contribution in [2.24, 2.45) is 5.73 Å². The van der Waals surface area contributed by atoms with Crippen LogP contribution in [0.5, 0.6) is 0 Å². The average Bonchev–Trinajstić information content (AvgIpc) is 3.08. The summed E-state index contributed by atoms with van der Waals surface area (Å²) in [6.07, 6.45) is 3.84. The topological polar surface area (TPSA) is 108 Å². The molecule has 0 radical (unpaired) electrons. The lowest BCUT2D eigenvalue weighted by molar-refractivity contribution is -0.384. The van der Waals surface area contributed by atoms with Crippen LogP contribution in [0.2, 0.25) is 0 Å². The smallest absolute Gasteiger partial charge is 0.269 e. The molecular formula is C14H16N4O3. The summed E-state index contributed by atoms with van der Waals surface area (Å²) in [5.41, 5.74) is 7.25. The fraction of sp³-hybridized carbons (Fsp3) is 0.429. The van der Waals surface area contributed by atoms with E-state index in [0.717, 1.165) is 31.2 Å². The van der Waals surface area contributed by atoms with Gasteiger partial charge in [-0.3, -0.25) is 10.1 Å². The fourth-order valence-corrected chi connectivity index (χ4v) is 2.77. The van der Waals surface area contributed by atoms with Crippen LogP contribution >= 0.6 is 0 Å². The Morgan fingerprint density at radius 2 is 2.10 bits per heavy atom. The zero-order chi connectivity index (χ0) is 15.0. The van der Waals surface area contributed by atoms with Crippen molar-refractivity contribution < 1.29 is 9.45 Å². The van der Waals surface area contributed by atoms with E-state index in [1.165, 1.54) is 12.1 Å². The average molecular weight is 288 g/mol. The standard InChI is InChI=1S/C14H16N4O3/c1-9-8-10(18(19)20)4-5-11(9)12-16-13(17-21-12)14(15)6-2-3-7-14/h4-5,8H,2-3,6-7,15H2,1H3. The number of aromatic nitrogens is 2. The monoisotopic (exact) mass is 288 g/mol. The maximum absolute atomic E-state index is 10.8. The molecule has 1 saturated carbocycles. The van der Waals surface area contributed by atoms with Crippen molar-refractivity contribution in [3.8, 4) is 11.5 Å². The Balaban J connectivity index is 1.95. The van der Waals surface area contributed by atoms with Crippen LogP contribution in [0.15, 0.2) is 22.7 Å². The molecule has 0 aliphatic heterocycles. The maximum Gasteiger partial charge on any atom is 0.269 e. The molecule has 21 heavy (non-hydrogen) atoms. The molecule has 1 aliphatic rings. The number of nitro groups is 1. The van der Waals surface area contributed by atoms with Gasteiger partial charge in [0.1, 0.15) is 0 Å². The highest BCUT2D eigenvalue weighted by molar-refractivity contribution is 5.61. The minimum absolute atomic E-state index is 0.0436. The van der Waals surface area contributed by atoms with E-state index in [1.54, 1.807) is 13.0 Å². The molecular weight excluding hydrogens is 272 g/mol. The summed E-state index contributed by atoms with van der Waals surface area (Å²) in [4.78, 5) is 14.7. The number of nitrogens with two attached hydrogens (primary N) is 1. The molecule has 0 amide bonds. The zero-order valence-corrected chi connectivity index (χ0v) is 11.7. The van der Waals surface area contributed by atoms with Crippen LogP contribution in [0.1, 0.15) is 37.1 Å². The summed E-state index contributed by atoms with van der Waals surface area (Å²) in [7, 11) is 0. The number of non-ortho nitro benzene ring substituents is 1. The minimum Gasteiger partial charge on any atom is -0.334 e. The van der Waals surface area contributed by atoms with E-state index in [0.29, 0.717) is 17.3 Å². The Morgan fingerprint density at radius 3 is 2.71 bits per heavy atom. The van der Waals surface area contributed by atoms with Gasteiger partial charge in [-0.05, 0) is 31.4 Å². The summed E-state index contributed by atoms with van der Waals surface area (Å²) in [5, 5.41) is 14.8. The second kappa shape index (κ2) is 4.92. The summed E-state index contributed by atoms with van der Waals surface area (Å²) >= 11 is 0. The van der Waals surface area contributed by atoms with Crippen LogP contribution in [0.25, 0.3) is 11.5 Å².